The molecule has 3 nitrogen and oxygen atoms in total. The van der Waals surface area contributed by atoms with Crippen LogP contribution in [0.25, 0.3) is 0 Å². The van der Waals surface area contributed by atoms with Crippen molar-refractivity contribution in [3.8, 4) is 0 Å². The smallest absolute Gasteiger partial charge is 0.157 e. The van der Waals surface area contributed by atoms with E-state index in [4.69, 9.17) is 10.8 Å². The van der Waals surface area contributed by atoms with Gasteiger partial charge in [-0.2, -0.15) is 0 Å². The molecule has 1 rings (SSSR count). The summed E-state index contributed by atoms with van der Waals surface area (Å²) in [5.74, 6) is 0. The molecule has 1 fully saturated rings. The molecule has 0 aromatic rings. The second-order valence-electron chi connectivity index (χ2n) is 3.07. The SMILES string of the molecule is [2H]CC[C@@H](O)COC1CCCCO1. The number of aliphatic hydroxyl groups excluding tert-OH is 1. The maximum atomic E-state index is 9.28. The van der Waals surface area contributed by atoms with Gasteiger partial charge >= 0.3 is 0 Å². The predicted molar refractivity (Wildman–Crippen MR) is 45.8 cm³/mol. The monoisotopic (exact) mass is 175 g/mol. The highest BCUT2D eigenvalue weighted by Gasteiger charge is 2.14. The first-order valence-electron chi connectivity index (χ1n) is 5.24. The van der Waals surface area contributed by atoms with Gasteiger partial charge in [0.2, 0.25) is 0 Å². The largest absolute Gasteiger partial charge is 0.391 e. The number of rotatable bonds is 4. The van der Waals surface area contributed by atoms with Crippen LogP contribution in [0.3, 0.4) is 0 Å². The Morgan fingerprint density at radius 1 is 1.75 bits per heavy atom. The minimum absolute atomic E-state index is 0.130. The fraction of sp³-hybridized carbons (Fsp3) is 1.00. The van der Waals surface area contributed by atoms with Crippen LogP contribution in [0.1, 0.15) is 34.0 Å². The Kier molecular flexibility index (Phi) is 3.89. The molecule has 0 aromatic carbocycles. The summed E-state index contributed by atoms with van der Waals surface area (Å²) < 4.78 is 17.6. The highest BCUT2D eigenvalue weighted by atomic mass is 16.7. The molecule has 1 heterocycles. The van der Waals surface area contributed by atoms with Crippen molar-refractivity contribution in [3.05, 3.63) is 0 Å². The fourth-order valence-corrected chi connectivity index (χ4v) is 1.14. The highest BCUT2D eigenvalue weighted by molar-refractivity contribution is 4.56. The van der Waals surface area contributed by atoms with Crippen LogP contribution in [0.5, 0.6) is 0 Å². The second kappa shape index (κ2) is 5.51. The lowest BCUT2D eigenvalue weighted by atomic mass is 10.2. The fourth-order valence-electron chi connectivity index (χ4n) is 1.14. The summed E-state index contributed by atoms with van der Waals surface area (Å²) in [4.78, 5) is 0. The number of ether oxygens (including phenoxy) is 2. The zero-order valence-electron chi connectivity index (χ0n) is 8.37. The topological polar surface area (TPSA) is 38.7 Å². The van der Waals surface area contributed by atoms with Gasteiger partial charge in [0.05, 0.1) is 12.7 Å². The summed E-state index contributed by atoms with van der Waals surface area (Å²) in [5.41, 5.74) is 0. The van der Waals surface area contributed by atoms with Crippen molar-refractivity contribution in [3.63, 3.8) is 0 Å². The number of hydrogen-bond acceptors (Lipinski definition) is 3. The Bertz CT molecular complexity index is 126. The summed E-state index contributed by atoms with van der Waals surface area (Å²) in [6.45, 7) is 1.30. The van der Waals surface area contributed by atoms with Gasteiger partial charge in [-0.1, -0.05) is 6.90 Å². The molecule has 12 heavy (non-hydrogen) atoms. The lowest BCUT2D eigenvalue weighted by Gasteiger charge is -2.23. The highest BCUT2D eigenvalue weighted by Crippen LogP contribution is 2.13. The van der Waals surface area contributed by atoms with Gasteiger partial charge in [-0.3, -0.25) is 0 Å². The number of hydrogen-bond donors (Lipinski definition) is 1. The average molecular weight is 175 g/mol. The van der Waals surface area contributed by atoms with Gasteiger partial charge in [-0.05, 0) is 25.7 Å². The number of aliphatic hydroxyl groups is 1. The predicted octanol–water partition coefficient (Wildman–Crippen LogP) is 1.30. The Morgan fingerprint density at radius 2 is 2.67 bits per heavy atom. The van der Waals surface area contributed by atoms with E-state index >= 15 is 0 Å². The molecule has 0 spiro atoms. The van der Waals surface area contributed by atoms with Crippen molar-refractivity contribution in [2.24, 2.45) is 0 Å². The van der Waals surface area contributed by atoms with Crippen LogP contribution in [-0.2, 0) is 9.47 Å². The van der Waals surface area contributed by atoms with Crippen LogP contribution in [0.2, 0.25) is 0 Å². The van der Waals surface area contributed by atoms with Gasteiger partial charge in [-0.15, -0.1) is 0 Å². The molecular formula is C9H18O3. The van der Waals surface area contributed by atoms with Crippen LogP contribution in [0.15, 0.2) is 0 Å². The van der Waals surface area contributed by atoms with Crippen molar-refractivity contribution >= 4 is 0 Å². The molecule has 0 aromatic heterocycles. The first-order valence-corrected chi connectivity index (χ1v) is 4.53. The van der Waals surface area contributed by atoms with E-state index in [0.717, 1.165) is 25.9 Å². The van der Waals surface area contributed by atoms with Crippen molar-refractivity contribution in [1.82, 2.24) is 0 Å². The Labute approximate surface area is 75.1 Å². The molecule has 1 unspecified atom stereocenters. The van der Waals surface area contributed by atoms with Gasteiger partial charge in [0.15, 0.2) is 6.29 Å². The molecule has 72 valence electrons. The molecule has 1 saturated heterocycles. The third kappa shape index (κ3) is 3.52. The molecular weight excluding hydrogens is 156 g/mol. The van der Waals surface area contributed by atoms with Crippen LogP contribution >= 0.6 is 0 Å². The molecule has 0 amide bonds. The van der Waals surface area contributed by atoms with Gasteiger partial charge in [-0.25, -0.2) is 0 Å². The first kappa shape index (κ1) is 8.48. The molecule has 1 N–H and O–H groups in total. The van der Waals surface area contributed by atoms with E-state index in [0.29, 0.717) is 13.0 Å². The van der Waals surface area contributed by atoms with E-state index in [2.05, 4.69) is 0 Å². The molecule has 1 aliphatic heterocycles. The van der Waals surface area contributed by atoms with Crippen molar-refractivity contribution in [1.29, 1.82) is 0 Å². The van der Waals surface area contributed by atoms with Crippen LogP contribution in [0, 0.1) is 0 Å². The van der Waals surface area contributed by atoms with Gasteiger partial charge in [0.25, 0.3) is 0 Å². The molecule has 0 aliphatic carbocycles. The van der Waals surface area contributed by atoms with E-state index in [9.17, 15) is 5.11 Å². The van der Waals surface area contributed by atoms with Crippen molar-refractivity contribution in [2.75, 3.05) is 13.2 Å². The summed E-state index contributed by atoms with van der Waals surface area (Å²) in [5, 5.41) is 9.28. The maximum Gasteiger partial charge on any atom is 0.157 e. The van der Waals surface area contributed by atoms with E-state index in [1.54, 1.807) is 0 Å². The van der Waals surface area contributed by atoms with E-state index in [1.165, 1.54) is 0 Å². The average Bonchev–Trinajstić information content (AvgIpc) is 2.17. The summed E-state index contributed by atoms with van der Waals surface area (Å²) in [7, 11) is 0. The quantitative estimate of drug-likeness (QED) is 0.700. The molecule has 0 bridgehead atoms. The third-order valence-electron chi connectivity index (χ3n) is 1.95. The molecule has 3 heteroatoms. The lowest BCUT2D eigenvalue weighted by molar-refractivity contribution is -0.175. The van der Waals surface area contributed by atoms with Crippen molar-refractivity contribution in [2.45, 2.75) is 45.0 Å². The zero-order chi connectivity index (χ0) is 9.52. The van der Waals surface area contributed by atoms with E-state index in [1.807, 2.05) is 0 Å². The van der Waals surface area contributed by atoms with Crippen molar-refractivity contribution < 1.29 is 16.0 Å². The zero-order valence-corrected chi connectivity index (χ0v) is 7.37. The second-order valence-corrected chi connectivity index (χ2v) is 3.07. The van der Waals surface area contributed by atoms with E-state index in [-0.39, 0.29) is 13.2 Å². The Hall–Kier alpha value is -0.120. The van der Waals surface area contributed by atoms with Crippen LogP contribution in [0.4, 0.5) is 0 Å². The lowest BCUT2D eigenvalue weighted by Crippen LogP contribution is -2.26. The normalized spacial score (nSPS) is 28.1. The van der Waals surface area contributed by atoms with Crippen LogP contribution < -0.4 is 0 Å². The summed E-state index contributed by atoms with van der Waals surface area (Å²) in [6.07, 6.45) is 3.01. The minimum atomic E-state index is -0.511. The van der Waals surface area contributed by atoms with Gasteiger partial charge < -0.3 is 14.6 Å². The minimum Gasteiger partial charge on any atom is -0.391 e. The van der Waals surface area contributed by atoms with Gasteiger partial charge in [0.1, 0.15) is 0 Å². The first-order chi connectivity index (χ1) is 6.33. The maximum absolute atomic E-state index is 9.28. The van der Waals surface area contributed by atoms with E-state index < -0.39 is 6.10 Å². The Balaban J connectivity index is 2.03. The standard InChI is InChI=1S/C9H18O3/c1-2-8(10)7-12-9-5-3-4-6-11-9/h8-10H,2-7H2,1H3/t8-,9?/m1/s1/i1D. The van der Waals surface area contributed by atoms with Gasteiger partial charge in [0, 0.05) is 7.98 Å². The molecule has 0 radical (unpaired) electrons. The summed E-state index contributed by atoms with van der Waals surface area (Å²) >= 11 is 0. The third-order valence-corrected chi connectivity index (χ3v) is 1.95. The summed E-state index contributed by atoms with van der Waals surface area (Å²) in [6, 6.07) is 0. The molecule has 2 atom stereocenters. The van der Waals surface area contributed by atoms with Crippen LogP contribution in [-0.4, -0.2) is 30.7 Å². The molecule has 1 aliphatic rings. The Morgan fingerprint density at radius 3 is 3.33 bits per heavy atom. The molecule has 0 saturated carbocycles.